The second-order valence-corrected chi connectivity index (χ2v) is 14.0. The number of benzene rings is 2. The zero-order valence-electron chi connectivity index (χ0n) is 24.8. The molecule has 5 aromatic rings. The lowest BCUT2D eigenvalue weighted by molar-refractivity contribution is -0.137. The monoisotopic (exact) mass is 684 g/mol. The number of carbonyl (C=O) groups excluding carboxylic acids is 1. The van der Waals surface area contributed by atoms with E-state index < -0.39 is 17.4 Å². The third-order valence-electron chi connectivity index (χ3n) is 8.65. The number of thioether (sulfide) groups is 1. The molecule has 0 N–H and O–H groups in total. The van der Waals surface area contributed by atoms with Crippen LogP contribution in [-0.4, -0.2) is 60.8 Å². The molecule has 3 aromatic heterocycles. The van der Waals surface area contributed by atoms with E-state index in [0.29, 0.717) is 26.1 Å². The zero-order chi connectivity index (χ0) is 32.5. The van der Waals surface area contributed by atoms with Gasteiger partial charge in [0.1, 0.15) is 5.82 Å². The lowest BCUT2D eigenvalue weighted by Gasteiger charge is -2.44. The summed E-state index contributed by atoms with van der Waals surface area (Å²) in [7, 11) is 0. The van der Waals surface area contributed by atoms with Crippen LogP contribution in [0.3, 0.4) is 0 Å². The molecule has 2 aliphatic heterocycles. The summed E-state index contributed by atoms with van der Waals surface area (Å²) < 4.78 is 48.6. The molecule has 14 heteroatoms. The number of fused-ring (bicyclic) bond motifs is 1. The Labute approximate surface area is 275 Å². The molecule has 2 aromatic carbocycles. The van der Waals surface area contributed by atoms with E-state index in [4.69, 9.17) is 11.6 Å². The van der Waals surface area contributed by atoms with Crippen molar-refractivity contribution in [2.75, 3.05) is 23.7 Å². The maximum absolute atomic E-state index is 15.0. The standard InChI is InChI=1S/C32H28ClF3N6O2S2/c1-4-26(43)42-17(2)11-39(12-18(42)3)30-21-10-22(32(34,35)36)27(25-9-19(33)14-45-25)29-28(21)40(31(44)38-30)13-20(15-46-29)41-16-37-23-7-5-6-8-24(23)41/h4-10,14,16-18,20H,1,11-13,15H2,2-3H3/t17-,18+,20-/m0/s1. The maximum atomic E-state index is 15.0. The van der Waals surface area contributed by atoms with Crippen LogP contribution in [0.25, 0.3) is 32.4 Å². The highest BCUT2D eigenvalue weighted by atomic mass is 35.5. The molecule has 0 spiro atoms. The number of para-hydroxylation sites is 2. The van der Waals surface area contributed by atoms with E-state index in [1.807, 2.05) is 47.6 Å². The minimum absolute atomic E-state index is 0.00599. The SMILES string of the molecule is C=CC(=O)N1[C@H](C)CN(c2nc(=O)n3c4c(c(-c5cc(Cl)cs5)c(C(F)(F)F)cc24)SC[C@@H](n2cnc4ccccc42)C3)C[C@@H]1C. The summed E-state index contributed by atoms with van der Waals surface area (Å²) in [6, 6.07) is 9.38. The second-order valence-electron chi connectivity index (χ2n) is 11.6. The highest BCUT2D eigenvalue weighted by Gasteiger charge is 2.40. The molecule has 5 heterocycles. The lowest BCUT2D eigenvalue weighted by atomic mass is 10.0. The summed E-state index contributed by atoms with van der Waals surface area (Å²) in [6.45, 7) is 8.09. The van der Waals surface area contributed by atoms with Crippen molar-refractivity contribution in [3.63, 3.8) is 0 Å². The fourth-order valence-electron chi connectivity index (χ4n) is 6.77. The predicted molar refractivity (Wildman–Crippen MR) is 177 cm³/mol. The molecule has 3 atom stereocenters. The van der Waals surface area contributed by atoms with Gasteiger partial charge in [-0.1, -0.05) is 30.3 Å². The molecule has 1 saturated heterocycles. The van der Waals surface area contributed by atoms with Gasteiger partial charge in [0.15, 0.2) is 0 Å². The average Bonchev–Trinajstić information content (AvgIpc) is 3.59. The van der Waals surface area contributed by atoms with E-state index in [9.17, 15) is 9.59 Å². The van der Waals surface area contributed by atoms with Crippen LogP contribution in [0.5, 0.6) is 0 Å². The molecule has 2 aliphatic rings. The number of alkyl halides is 3. The van der Waals surface area contributed by atoms with E-state index in [2.05, 4.69) is 16.5 Å². The van der Waals surface area contributed by atoms with Crippen LogP contribution >= 0.6 is 34.7 Å². The van der Waals surface area contributed by atoms with Gasteiger partial charge in [-0.05, 0) is 44.2 Å². The quantitative estimate of drug-likeness (QED) is 0.188. The van der Waals surface area contributed by atoms with Crippen molar-refractivity contribution in [2.24, 2.45) is 0 Å². The molecule has 46 heavy (non-hydrogen) atoms. The van der Waals surface area contributed by atoms with Crippen LogP contribution < -0.4 is 10.6 Å². The minimum Gasteiger partial charge on any atom is -0.352 e. The lowest BCUT2D eigenvalue weighted by Crippen LogP contribution is -2.58. The van der Waals surface area contributed by atoms with Gasteiger partial charge < -0.3 is 14.4 Å². The molecule has 8 nitrogen and oxygen atoms in total. The number of amides is 1. The first-order chi connectivity index (χ1) is 22.0. The van der Waals surface area contributed by atoms with Crippen LogP contribution in [0.4, 0.5) is 19.0 Å². The van der Waals surface area contributed by atoms with Gasteiger partial charge in [0, 0.05) is 63.6 Å². The van der Waals surface area contributed by atoms with Crippen molar-refractivity contribution in [1.82, 2.24) is 24.0 Å². The number of aromatic nitrogens is 4. The number of anilines is 1. The zero-order valence-corrected chi connectivity index (χ0v) is 27.2. The van der Waals surface area contributed by atoms with E-state index in [-0.39, 0.29) is 60.4 Å². The minimum atomic E-state index is -4.71. The van der Waals surface area contributed by atoms with Crippen molar-refractivity contribution in [1.29, 1.82) is 0 Å². The van der Waals surface area contributed by atoms with Crippen molar-refractivity contribution in [3.05, 3.63) is 81.8 Å². The van der Waals surface area contributed by atoms with E-state index in [0.717, 1.165) is 28.4 Å². The topological polar surface area (TPSA) is 76.3 Å². The number of hydrogen-bond acceptors (Lipinski definition) is 7. The number of hydrogen-bond donors (Lipinski definition) is 0. The molecule has 1 amide bonds. The van der Waals surface area contributed by atoms with Crippen molar-refractivity contribution >= 4 is 68.4 Å². The van der Waals surface area contributed by atoms with E-state index in [1.165, 1.54) is 28.5 Å². The Hall–Kier alpha value is -3.81. The van der Waals surface area contributed by atoms with Gasteiger partial charge in [0.05, 0.1) is 39.5 Å². The van der Waals surface area contributed by atoms with Gasteiger partial charge in [0.25, 0.3) is 0 Å². The first kappa shape index (κ1) is 30.8. The smallest absolute Gasteiger partial charge is 0.352 e. The summed E-state index contributed by atoms with van der Waals surface area (Å²) in [5, 5.41) is 2.18. The Balaban J connectivity index is 1.48. The number of halogens is 4. The first-order valence-corrected chi connectivity index (χ1v) is 16.9. The second kappa shape index (κ2) is 11.5. The van der Waals surface area contributed by atoms with Gasteiger partial charge in [-0.3, -0.25) is 9.36 Å². The van der Waals surface area contributed by atoms with Crippen molar-refractivity contribution in [3.8, 4) is 10.4 Å². The van der Waals surface area contributed by atoms with E-state index >= 15 is 13.2 Å². The van der Waals surface area contributed by atoms with E-state index in [1.54, 1.807) is 16.6 Å². The molecule has 0 unspecified atom stereocenters. The fourth-order valence-corrected chi connectivity index (χ4v) is 9.32. The van der Waals surface area contributed by atoms with Crippen LogP contribution in [0.2, 0.25) is 5.02 Å². The summed E-state index contributed by atoms with van der Waals surface area (Å²) in [5.74, 6) is 0.333. The van der Waals surface area contributed by atoms with Crippen molar-refractivity contribution in [2.45, 2.75) is 49.6 Å². The van der Waals surface area contributed by atoms with Gasteiger partial charge >= 0.3 is 11.9 Å². The molecule has 1 fully saturated rings. The number of imidazole rings is 1. The highest BCUT2D eigenvalue weighted by Crippen LogP contribution is 2.50. The molecule has 7 rings (SSSR count). The van der Waals surface area contributed by atoms with Gasteiger partial charge in [-0.2, -0.15) is 18.2 Å². The van der Waals surface area contributed by atoms with Crippen LogP contribution in [0.1, 0.15) is 25.5 Å². The number of nitrogens with zero attached hydrogens (tertiary/aromatic N) is 6. The number of carbonyl (C=O) groups is 1. The Morgan fingerprint density at radius 3 is 2.54 bits per heavy atom. The summed E-state index contributed by atoms with van der Waals surface area (Å²) in [4.78, 5) is 39.9. The Morgan fingerprint density at radius 2 is 1.87 bits per heavy atom. The van der Waals surface area contributed by atoms with Crippen LogP contribution in [0, 0.1) is 0 Å². The molecular weight excluding hydrogens is 657 g/mol. The Bertz CT molecular complexity index is 2080. The van der Waals surface area contributed by atoms with Crippen molar-refractivity contribution < 1.29 is 18.0 Å². The third-order valence-corrected chi connectivity index (χ3v) is 11.2. The first-order valence-electron chi connectivity index (χ1n) is 14.6. The number of piperazine rings is 1. The summed E-state index contributed by atoms with van der Waals surface area (Å²) in [5.41, 5.74) is 0.689. The van der Waals surface area contributed by atoms with Crippen LogP contribution in [0.15, 0.2) is 70.5 Å². The predicted octanol–water partition coefficient (Wildman–Crippen LogP) is 7.11. The van der Waals surface area contributed by atoms with Crippen LogP contribution in [-0.2, 0) is 17.5 Å². The maximum Gasteiger partial charge on any atom is 0.417 e. The Morgan fingerprint density at radius 1 is 1.13 bits per heavy atom. The largest absolute Gasteiger partial charge is 0.417 e. The normalized spacial score (nSPS) is 20.3. The number of thiophene rings is 1. The molecule has 0 aliphatic carbocycles. The summed E-state index contributed by atoms with van der Waals surface area (Å²) in [6.07, 6.45) is -1.74. The third kappa shape index (κ3) is 5.08. The number of rotatable bonds is 4. The van der Waals surface area contributed by atoms with Gasteiger partial charge in [0.2, 0.25) is 5.91 Å². The molecule has 0 radical (unpaired) electrons. The van der Waals surface area contributed by atoms with Gasteiger partial charge in [-0.25, -0.2) is 9.78 Å². The molecule has 0 bridgehead atoms. The fraction of sp³-hybridized carbons (Fsp3) is 0.312. The molecular formula is C32H28ClF3N6O2S2. The average molecular weight is 685 g/mol. The molecule has 238 valence electrons. The van der Waals surface area contributed by atoms with Gasteiger partial charge in [-0.15, -0.1) is 23.1 Å². The summed E-state index contributed by atoms with van der Waals surface area (Å²) >= 11 is 8.67. The Kier molecular flexibility index (Phi) is 7.68. The molecule has 0 saturated carbocycles. The highest BCUT2D eigenvalue weighted by molar-refractivity contribution is 7.99.